The van der Waals surface area contributed by atoms with E-state index in [4.69, 9.17) is 5.73 Å². The number of hydrogen-bond donors (Lipinski definition) is 2. The molecular formula is C16H21IN4. The summed E-state index contributed by atoms with van der Waals surface area (Å²) in [5.41, 5.74) is 8.11. The van der Waals surface area contributed by atoms with Crippen LogP contribution in [-0.2, 0) is 6.54 Å². The van der Waals surface area contributed by atoms with Gasteiger partial charge < -0.3 is 11.1 Å². The predicted octanol–water partition coefficient (Wildman–Crippen LogP) is 3.20. The summed E-state index contributed by atoms with van der Waals surface area (Å²) in [6.45, 7) is 0.608. The van der Waals surface area contributed by atoms with Gasteiger partial charge in [-0.05, 0) is 36.6 Å². The molecule has 0 bridgehead atoms. The maximum atomic E-state index is 5.94. The van der Waals surface area contributed by atoms with Gasteiger partial charge in [-0.3, -0.25) is 4.98 Å². The Morgan fingerprint density at radius 1 is 1.29 bits per heavy atom. The van der Waals surface area contributed by atoms with Crippen LogP contribution < -0.4 is 11.1 Å². The molecule has 0 unspecified atom stereocenters. The quantitative estimate of drug-likeness (QED) is 0.476. The highest BCUT2D eigenvalue weighted by Crippen LogP contribution is 2.17. The molecule has 4 nitrogen and oxygen atoms in total. The van der Waals surface area contributed by atoms with Gasteiger partial charge in [-0.2, -0.15) is 0 Å². The van der Waals surface area contributed by atoms with Gasteiger partial charge in [-0.1, -0.05) is 25.0 Å². The lowest BCUT2D eigenvalue weighted by molar-refractivity contribution is 0.625. The third-order valence-corrected chi connectivity index (χ3v) is 3.81. The monoisotopic (exact) mass is 396 g/mol. The molecule has 3 N–H and O–H groups in total. The minimum atomic E-state index is 0. The number of guanidine groups is 1. The standard InChI is InChI=1S/C16H20N4.HI/c17-16(20-14-5-1-2-6-14)19-11-12-7-8-15-13(10-12)4-3-9-18-15;/h3-4,7-10,14H,1-2,5-6,11H2,(H3,17,19,20);1H. The van der Waals surface area contributed by atoms with Gasteiger partial charge in [0.25, 0.3) is 0 Å². The fourth-order valence-corrected chi connectivity index (χ4v) is 2.72. The summed E-state index contributed by atoms with van der Waals surface area (Å²) < 4.78 is 0. The molecule has 1 aliphatic carbocycles. The highest BCUT2D eigenvalue weighted by molar-refractivity contribution is 14.0. The number of nitrogens with zero attached hydrogens (tertiary/aromatic N) is 2. The number of pyridine rings is 1. The van der Waals surface area contributed by atoms with Crippen molar-refractivity contribution in [3.05, 3.63) is 42.1 Å². The Morgan fingerprint density at radius 3 is 2.90 bits per heavy atom. The van der Waals surface area contributed by atoms with Crippen LogP contribution >= 0.6 is 24.0 Å². The zero-order valence-electron chi connectivity index (χ0n) is 12.0. The van der Waals surface area contributed by atoms with Crippen molar-refractivity contribution in [2.45, 2.75) is 38.3 Å². The number of rotatable bonds is 3. The highest BCUT2D eigenvalue weighted by atomic mass is 127. The predicted molar refractivity (Wildman–Crippen MR) is 97.9 cm³/mol. The average molecular weight is 396 g/mol. The molecular weight excluding hydrogens is 375 g/mol. The number of benzene rings is 1. The maximum Gasteiger partial charge on any atom is 0.189 e. The van der Waals surface area contributed by atoms with Crippen LogP contribution in [0.3, 0.4) is 0 Å². The lowest BCUT2D eigenvalue weighted by atomic mass is 10.1. The number of nitrogens with one attached hydrogen (secondary N) is 1. The van der Waals surface area contributed by atoms with Gasteiger partial charge in [0.05, 0.1) is 12.1 Å². The van der Waals surface area contributed by atoms with E-state index in [-0.39, 0.29) is 24.0 Å². The van der Waals surface area contributed by atoms with Gasteiger partial charge in [-0.15, -0.1) is 24.0 Å². The summed E-state index contributed by atoms with van der Waals surface area (Å²) in [7, 11) is 0. The topological polar surface area (TPSA) is 63.3 Å². The summed E-state index contributed by atoms with van der Waals surface area (Å²) in [6.07, 6.45) is 6.81. The second kappa shape index (κ2) is 7.59. The Bertz CT molecular complexity index is 620. The molecule has 1 fully saturated rings. The van der Waals surface area contributed by atoms with Crippen LogP contribution in [0.2, 0.25) is 0 Å². The molecule has 0 saturated heterocycles. The molecule has 3 rings (SSSR count). The van der Waals surface area contributed by atoms with E-state index in [1.54, 1.807) is 0 Å². The Hall–Kier alpha value is -1.37. The molecule has 112 valence electrons. The molecule has 0 amide bonds. The minimum absolute atomic E-state index is 0. The molecule has 1 aromatic carbocycles. The van der Waals surface area contributed by atoms with Crippen molar-refractivity contribution >= 4 is 40.8 Å². The second-order valence-corrected chi connectivity index (χ2v) is 5.36. The summed E-state index contributed by atoms with van der Waals surface area (Å²) >= 11 is 0. The molecule has 1 saturated carbocycles. The van der Waals surface area contributed by atoms with Crippen LogP contribution in [0.4, 0.5) is 0 Å². The molecule has 1 aliphatic rings. The van der Waals surface area contributed by atoms with E-state index in [0.717, 1.165) is 16.5 Å². The lowest BCUT2D eigenvalue weighted by Crippen LogP contribution is -2.38. The highest BCUT2D eigenvalue weighted by Gasteiger charge is 2.14. The van der Waals surface area contributed by atoms with Crippen LogP contribution in [-0.4, -0.2) is 17.0 Å². The van der Waals surface area contributed by atoms with E-state index in [9.17, 15) is 0 Å². The first-order chi connectivity index (χ1) is 9.81. The van der Waals surface area contributed by atoms with Gasteiger partial charge in [-0.25, -0.2) is 4.99 Å². The van der Waals surface area contributed by atoms with Crippen LogP contribution in [0.25, 0.3) is 10.9 Å². The largest absolute Gasteiger partial charge is 0.370 e. The van der Waals surface area contributed by atoms with Crippen LogP contribution in [0.1, 0.15) is 31.2 Å². The summed E-state index contributed by atoms with van der Waals surface area (Å²) in [5.74, 6) is 0.559. The zero-order chi connectivity index (χ0) is 13.8. The van der Waals surface area contributed by atoms with Crippen molar-refractivity contribution in [2.24, 2.45) is 10.7 Å². The molecule has 0 spiro atoms. The van der Waals surface area contributed by atoms with Gasteiger partial charge in [0.1, 0.15) is 0 Å². The van der Waals surface area contributed by atoms with Crippen LogP contribution in [0.15, 0.2) is 41.5 Å². The fraction of sp³-hybridized carbons (Fsp3) is 0.375. The first-order valence-corrected chi connectivity index (χ1v) is 7.21. The minimum Gasteiger partial charge on any atom is -0.370 e. The average Bonchev–Trinajstić information content (AvgIpc) is 2.98. The molecule has 21 heavy (non-hydrogen) atoms. The van der Waals surface area contributed by atoms with Crippen molar-refractivity contribution < 1.29 is 0 Å². The molecule has 1 aromatic heterocycles. The molecule has 0 aliphatic heterocycles. The van der Waals surface area contributed by atoms with Gasteiger partial charge in [0.2, 0.25) is 0 Å². The number of nitrogens with two attached hydrogens (primary N) is 1. The SMILES string of the molecule is I.NC(=NCc1ccc2ncccc2c1)NC1CCCC1. The molecule has 5 heteroatoms. The summed E-state index contributed by atoms with van der Waals surface area (Å²) in [6, 6.07) is 10.7. The fourth-order valence-electron chi connectivity index (χ4n) is 2.72. The number of fused-ring (bicyclic) bond motifs is 1. The first-order valence-electron chi connectivity index (χ1n) is 7.21. The van der Waals surface area contributed by atoms with E-state index in [2.05, 4.69) is 33.5 Å². The van der Waals surface area contributed by atoms with Crippen molar-refractivity contribution in [2.75, 3.05) is 0 Å². The zero-order valence-corrected chi connectivity index (χ0v) is 14.3. The Kier molecular flexibility index (Phi) is 5.78. The third kappa shape index (κ3) is 4.30. The summed E-state index contributed by atoms with van der Waals surface area (Å²) in [5, 5.41) is 4.44. The van der Waals surface area contributed by atoms with E-state index in [1.165, 1.54) is 25.7 Å². The van der Waals surface area contributed by atoms with Gasteiger partial charge in [0.15, 0.2) is 5.96 Å². The van der Waals surface area contributed by atoms with Crippen LogP contribution in [0.5, 0.6) is 0 Å². The normalized spacial score (nSPS) is 15.9. The van der Waals surface area contributed by atoms with Crippen molar-refractivity contribution in [1.29, 1.82) is 0 Å². The van der Waals surface area contributed by atoms with Gasteiger partial charge in [0, 0.05) is 17.6 Å². The van der Waals surface area contributed by atoms with Crippen molar-refractivity contribution in [1.82, 2.24) is 10.3 Å². The third-order valence-electron chi connectivity index (χ3n) is 3.81. The summed E-state index contributed by atoms with van der Waals surface area (Å²) in [4.78, 5) is 8.74. The number of aromatic nitrogens is 1. The molecule has 2 aromatic rings. The Morgan fingerprint density at radius 2 is 2.10 bits per heavy atom. The smallest absolute Gasteiger partial charge is 0.189 e. The van der Waals surface area contributed by atoms with E-state index in [0.29, 0.717) is 18.5 Å². The molecule has 0 atom stereocenters. The Balaban J connectivity index is 0.00000161. The van der Waals surface area contributed by atoms with E-state index >= 15 is 0 Å². The first kappa shape index (κ1) is 16.0. The van der Waals surface area contributed by atoms with Crippen molar-refractivity contribution in [3.8, 4) is 0 Å². The van der Waals surface area contributed by atoms with Gasteiger partial charge >= 0.3 is 0 Å². The Labute approximate surface area is 142 Å². The molecule has 0 radical (unpaired) electrons. The number of halogens is 1. The lowest BCUT2D eigenvalue weighted by Gasteiger charge is -2.12. The molecule has 1 heterocycles. The maximum absolute atomic E-state index is 5.94. The second-order valence-electron chi connectivity index (χ2n) is 5.36. The van der Waals surface area contributed by atoms with Crippen molar-refractivity contribution in [3.63, 3.8) is 0 Å². The van der Waals surface area contributed by atoms with E-state index < -0.39 is 0 Å². The van der Waals surface area contributed by atoms with E-state index in [1.807, 2.05) is 18.3 Å². The number of aliphatic imine (C=N–C) groups is 1. The number of hydrogen-bond acceptors (Lipinski definition) is 2. The van der Waals surface area contributed by atoms with Crippen LogP contribution in [0, 0.1) is 0 Å².